The molecular weight excluding hydrogens is 278 g/mol. The number of carbonyl (C=O) groups excluding carboxylic acids is 1. The molecule has 4 unspecified atom stereocenters. The van der Waals surface area contributed by atoms with Gasteiger partial charge in [0.1, 0.15) is 5.54 Å². The maximum Gasteiger partial charge on any atom is 0.241 e. The number of nitrogens with zero attached hydrogens (tertiary/aromatic N) is 1. The lowest BCUT2D eigenvalue weighted by Crippen LogP contribution is -2.76. The maximum atomic E-state index is 12.8. The molecule has 3 N–H and O–H groups in total. The summed E-state index contributed by atoms with van der Waals surface area (Å²) in [6, 6.07) is 0.794. The van der Waals surface area contributed by atoms with Crippen LogP contribution in [0.25, 0.3) is 0 Å². The number of hydrogen-bond acceptors (Lipinski definition) is 4. The van der Waals surface area contributed by atoms with E-state index in [9.17, 15) is 4.79 Å². The lowest BCUT2D eigenvalue weighted by Gasteiger charge is -2.57. The van der Waals surface area contributed by atoms with Gasteiger partial charge in [0, 0.05) is 37.1 Å². The molecule has 1 aliphatic carbocycles. The largest absolute Gasteiger partial charge is 0.378 e. The van der Waals surface area contributed by atoms with Gasteiger partial charge in [-0.25, -0.2) is 0 Å². The van der Waals surface area contributed by atoms with Gasteiger partial charge in [-0.05, 0) is 32.7 Å². The van der Waals surface area contributed by atoms with E-state index in [2.05, 4.69) is 24.1 Å². The van der Waals surface area contributed by atoms with Gasteiger partial charge in [0.15, 0.2) is 0 Å². The molecule has 2 saturated heterocycles. The van der Waals surface area contributed by atoms with E-state index < -0.39 is 5.54 Å². The van der Waals surface area contributed by atoms with E-state index in [1.54, 1.807) is 0 Å². The number of piperidine rings is 1. The maximum absolute atomic E-state index is 12.8. The van der Waals surface area contributed by atoms with Crippen molar-refractivity contribution in [2.75, 3.05) is 19.7 Å². The van der Waals surface area contributed by atoms with Crippen molar-refractivity contribution < 1.29 is 9.53 Å². The average molecular weight is 309 g/mol. The van der Waals surface area contributed by atoms with Crippen LogP contribution >= 0.6 is 0 Å². The van der Waals surface area contributed by atoms with Crippen molar-refractivity contribution in [1.82, 2.24) is 10.2 Å². The minimum Gasteiger partial charge on any atom is -0.378 e. The molecule has 0 aromatic carbocycles. The first-order chi connectivity index (χ1) is 10.4. The predicted octanol–water partition coefficient (Wildman–Crippen LogP) is 1.26. The Balaban J connectivity index is 1.63. The highest BCUT2D eigenvalue weighted by molar-refractivity contribution is 5.89. The molecule has 3 rings (SSSR count). The number of ether oxygens (including phenoxy) is 1. The van der Waals surface area contributed by atoms with E-state index >= 15 is 0 Å². The third kappa shape index (κ3) is 2.38. The monoisotopic (exact) mass is 309 g/mol. The van der Waals surface area contributed by atoms with Gasteiger partial charge >= 0.3 is 0 Å². The summed E-state index contributed by atoms with van der Waals surface area (Å²) >= 11 is 0. The molecule has 0 radical (unpaired) electrons. The van der Waals surface area contributed by atoms with Gasteiger partial charge in [-0.1, -0.05) is 20.3 Å². The third-order valence-corrected chi connectivity index (χ3v) is 6.41. The Morgan fingerprint density at radius 2 is 2.09 bits per heavy atom. The van der Waals surface area contributed by atoms with E-state index in [1.807, 2.05) is 6.92 Å². The third-order valence-electron chi connectivity index (χ3n) is 6.41. The van der Waals surface area contributed by atoms with Crippen LogP contribution in [0.15, 0.2) is 0 Å². The Bertz CT molecular complexity index is 440. The van der Waals surface area contributed by atoms with Crippen molar-refractivity contribution >= 4 is 5.91 Å². The quantitative estimate of drug-likeness (QED) is 0.820. The highest BCUT2D eigenvalue weighted by atomic mass is 16.5. The van der Waals surface area contributed by atoms with Crippen molar-refractivity contribution in [3.8, 4) is 0 Å². The molecule has 2 aliphatic heterocycles. The van der Waals surface area contributed by atoms with Gasteiger partial charge in [0.05, 0.1) is 6.10 Å². The zero-order chi connectivity index (χ0) is 16.0. The number of nitrogens with one attached hydrogen (secondary N) is 1. The van der Waals surface area contributed by atoms with Crippen molar-refractivity contribution in [2.24, 2.45) is 11.1 Å². The highest BCUT2D eigenvalue weighted by Gasteiger charge is 2.63. The van der Waals surface area contributed by atoms with Crippen LogP contribution < -0.4 is 11.1 Å². The molecule has 5 nitrogen and oxygen atoms in total. The molecule has 0 bridgehead atoms. The molecule has 3 fully saturated rings. The molecular formula is C17H31N3O2. The summed E-state index contributed by atoms with van der Waals surface area (Å²) in [5.41, 5.74) is 5.38. The molecule has 126 valence electrons. The normalized spacial score (nSPS) is 40.8. The summed E-state index contributed by atoms with van der Waals surface area (Å²) in [7, 11) is 0. The van der Waals surface area contributed by atoms with Crippen LogP contribution in [0.2, 0.25) is 0 Å². The Labute approximate surface area is 133 Å². The van der Waals surface area contributed by atoms with Crippen LogP contribution in [-0.4, -0.2) is 54.2 Å². The smallest absolute Gasteiger partial charge is 0.241 e. The zero-order valence-electron chi connectivity index (χ0n) is 14.2. The van der Waals surface area contributed by atoms with Crippen LogP contribution in [0, 0.1) is 5.41 Å². The Morgan fingerprint density at radius 3 is 2.77 bits per heavy atom. The van der Waals surface area contributed by atoms with E-state index in [4.69, 9.17) is 10.5 Å². The van der Waals surface area contributed by atoms with Crippen molar-refractivity contribution in [3.05, 3.63) is 0 Å². The average Bonchev–Trinajstić information content (AvgIpc) is 2.90. The number of amides is 1. The number of nitrogens with two attached hydrogens (primary N) is 1. The number of carbonyl (C=O) groups is 1. The molecule has 1 saturated carbocycles. The van der Waals surface area contributed by atoms with Gasteiger partial charge in [-0.3, -0.25) is 9.69 Å². The van der Waals surface area contributed by atoms with Crippen molar-refractivity contribution in [1.29, 1.82) is 0 Å². The van der Waals surface area contributed by atoms with Gasteiger partial charge in [0.25, 0.3) is 0 Å². The van der Waals surface area contributed by atoms with Gasteiger partial charge < -0.3 is 15.8 Å². The fourth-order valence-electron chi connectivity index (χ4n) is 4.53. The zero-order valence-corrected chi connectivity index (χ0v) is 14.2. The summed E-state index contributed by atoms with van der Waals surface area (Å²) in [5, 5.41) is 3.28. The standard InChI is InChI=1S/C17H31N3O2/c1-4-22-14-11-17(18,16(14,2)3)15(21)19-12-8-10-20-9-6-5-7-13(12)20/h12-14H,4-11,18H2,1-3H3,(H,19,21). The van der Waals surface area contributed by atoms with Crippen molar-refractivity contribution in [3.63, 3.8) is 0 Å². The van der Waals surface area contributed by atoms with Gasteiger partial charge in [0.2, 0.25) is 5.91 Å². The number of hydrogen-bond donors (Lipinski definition) is 2. The van der Waals surface area contributed by atoms with E-state index in [0.717, 1.165) is 13.0 Å². The van der Waals surface area contributed by atoms with Crippen molar-refractivity contribution in [2.45, 2.75) is 76.6 Å². The second kappa shape index (κ2) is 5.77. The van der Waals surface area contributed by atoms with E-state index in [0.29, 0.717) is 19.1 Å². The summed E-state index contributed by atoms with van der Waals surface area (Å²) < 4.78 is 5.73. The van der Waals surface area contributed by atoms with Gasteiger partial charge in [-0.15, -0.1) is 0 Å². The van der Waals surface area contributed by atoms with Crippen LogP contribution in [0.1, 0.15) is 52.9 Å². The molecule has 22 heavy (non-hydrogen) atoms. The minimum absolute atomic E-state index is 0.0193. The Kier molecular flexibility index (Phi) is 4.25. The fraction of sp³-hybridized carbons (Fsp3) is 0.941. The topological polar surface area (TPSA) is 67.6 Å². The van der Waals surface area contributed by atoms with E-state index in [1.165, 1.54) is 25.8 Å². The Hall–Kier alpha value is -0.650. The van der Waals surface area contributed by atoms with Crippen LogP contribution in [0.3, 0.4) is 0 Å². The molecule has 5 heteroatoms. The molecule has 0 spiro atoms. The SMILES string of the molecule is CCOC1CC(N)(C(=O)NC2CCN3CCCCC23)C1(C)C. The second-order valence-electron chi connectivity index (χ2n) is 7.81. The molecule has 0 aromatic heterocycles. The summed E-state index contributed by atoms with van der Waals surface area (Å²) in [5.74, 6) is 0.0193. The fourth-order valence-corrected chi connectivity index (χ4v) is 4.53. The van der Waals surface area contributed by atoms with Crippen LogP contribution in [-0.2, 0) is 9.53 Å². The molecule has 0 aromatic rings. The Morgan fingerprint density at radius 1 is 1.32 bits per heavy atom. The number of rotatable bonds is 4. The van der Waals surface area contributed by atoms with Gasteiger partial charge in [-0.2, -0.15) is 0 Å². The predicted molar refractivity (Wildman–Crippen MR) is 86.5 cm³/mol. The highest BCUT2D eigenvalue weighted by Crippen LogP contribution is 2.50. The lowest BCUT2D eigenvalue weighted by molar-refractivity contribution is -0.171. The first-order valence-electron chi connectivity index (χ1n) is 8.85. The molecule has 4 atom stereocenters. The molecule has 2 heterocycles. The van der Waals surface area contributed by atoms with E-state index in [-0.39, 0.29) is 23.5 Å². The summed E-state index contributed by atoms with van der Waals surface area (Å²) in [6.07, 6.45) is 5.54. The van der Waals surface area contributed by atoms with Crippen LogP contribution in [0.5, 0.6) is 0 Å². The summed E-state index contributed by atoms with van der Waals surface area (Å²) in [6.45, 7) is 9.06. The molecule has 1 amide bonds. The summed E-state index contributed by atoms with van der Waals surface area (Å²) in [4.78, 5) is 15.4. The van der Waals surface area contributed by atoms with Crippen LogP contribution in [0.4, 0.5) is 0 Å². The lowest BCUT2D eigenvalue weighted by atomic mass is 9.54. The second-order valence-corrected chi connectivity index (χ2v) is 7.81. The minimum atomic E-state index is -0.797. The number of fused-ring (bicyclic) bond motifs is 1. The first-order valence-corrected chi connectivity index (χ1v) is 8.85. The first kappa shape index (κ1) is 16.2. The molecule has 3 aliphatic rings.